The van der Waals surface area contributed by atoms with E-state index in [9.17, 15) is 9.59 Å². The van der Waals surface area contributed by atoms with Crippen molar-refractivity contribution in [2.45, 2.75) is 25.2 Å². The molecule has 1 atom stereocenters. The minimum absolute atomic E-state index is 0.0755. The number of nitrogens with zero attached hydrogens (tertiary/aromatic N) is 1. The quantitative estimate of drug-likeness (QED) is 0.103. The first-order chi connectivity index (χ1) is 23.4. The summed E-state index contributed by atoms with van der Waals surface area (Å²) in [4.78, 5) is 26.6. The van der Waals surface area contributed by atoms with Gasteiger partial charge >= 0.3 is 5.97 Å². The number of Topliss-reactive ketones (excluding diaryl/α,β-unsaturated/α-hetero) is 1. The van der Waals surface area contributed by atoms with E-state index in [1.807, 2.05) is 60.3 Å². The second-order valence-electron chi connectivity index (χ2n) is 12.2. The maximum Gasteiger partial charge on any atom is 0.312 e. The van der Waals surface area contributed by atoms with Crippen molar-refractivity contribution in [1.29, 1.82) is 0 Å². The van der Waals surface area contributed by atoms with Gasteiger partial charge in [0.15, 0.2) is 17.3 Å². The van der Waals surface area contributed by atoms with Gasteiger partial charge in [0.1, 0.15) is 23.0 Å². The lowest BCUT2D eigenvalue weighted by Gasteiger charge is -2.27. The first kappa shape index (κ1) is 29.7. The third-order valence-electron chi connectivity index (χ3n) is 9.29. The molecule has 9 heteroatoms. The highest BCUT2D eigenvalue weighted by atomic mass is 16.5. The van der Waals surface area contributed by atoms with Crippen LogP contribution in [0.25, 0.3) is 17.0 Å². The largest absolute Gasteiger partial charge is 0.497 e. The highest BCUT2D eigenvalue weighted by molar-refractivity contribution is 6.15. The molecule has 48 heavy (non-hydrogen) atoms. The van der Waals surface area contributed by atoms with Crippen LogP contribution in [0.5, 0.6) is 34.5 Å². The van der Waals surface area contributed by atoms with E-state index in [2.05, 4.69) is 12.1 Å². The third kappa shape index (κ3) is 5.12. The van der Waals surface area contributed by atoms with E-state index < -0.39 is 5.92 Å². The summed E-state index contributed by atoms with van der Waals surface area (Å²) in [7, 11) is 5.17. The molecule has 0 radical (unpaired) electrons. The predicted molar refractivity (Wildman–Crippen MR) is 179 cm³/mol. The number of ether oxygens (including phenoxy) is 6. The monoisotopic (exact) mass is 643 g/mol. The molecule has 242 valence electrons. The molecular formula is C39H33NO8. The molecule has 3 aliphatic rings. The van der Waals surface area contributed by atoms with Crippen LogP contribution in [0, 0.1) is 0 Å². The number of hydrogen-bond donors (Lipinski definition) is 0. The second kappa shape index (κ2) is 11.8. The Morgan fingerprint density at radius 2 is 1.79 bits per heavy atom. The van der Waals surface area contributed by atoms with Crippen LogP contribution in [0.2, 0.25) is 0 Å². The molecule has 4 heterocycles. The van der Waals surface area contributed by atoms with Gasteiger partial charge in [-0.3, -0.25) is 9.59 Å². The van der Waals surface area contributed by atoms with Gasteiger partial charge in [0.05, 0.1) is 39.4 Å². The smallest absolute Gasteiger partial charge is 0.312 e. The van der Waals surface area contributed by atoms with Gasteiger partial charge in [-0.2, -0.15) is 0 Å². The molecular weight excluding hydrogens is 610 g/mol. The summed E-state index contributed by atoms with van der Waals surface area (Å²) in [6.07, 6.45) is 5.41. The number of carbonyl (C=O) groups excluding carboxylic acids is 2. The second-order valence-corrected chi connectivity index (χ2v) is 12.2. The number of allylic oxidation sites excluding steroid dienone is 1. The van der Waals surface area contributed by atoms with E-state index in [1.165, 1.54) is 11.1 Å². The standard InChI is InChI=1S/C39H33NO8/c1-40-21-25(28-19-26(43-2)6-8-30(28)40)18-35-38(42)27-7-11-33-37(39(27)48-35)29(20-36(41)47-33)23-5-10-32(44-3)34(17-23)46-14-12-22-4-9-31-24(16-22)13-15-45-31/h4-11,16-19,21,29H,12-15,20H2,1-3H3/b35-18-/t29-/m0/s1. The zero-order valence-corrected chi connectivity index (χ0v) is 26.8. The summed E-state index contributed by atoms with van der Waals surface area (Å²) in [5, 5.41) is 0.932. The minimum atomic E-state index is -0.435. The van der Waals surface area contributed by atoms with Crippen LogP contribution in [-0.2, 0) is 24.7 Å². The molecule has 0 saturated carbocycles. The highest BCUT2D eigenvalue weighted by Gasteiger charge is 2.39. The Morgan fingerprint density at radius 3 is 2.65 bits per heavy atom. The summed E-state index contributed by atoms with van der Waals surface area (Å²) < 4.78 is 37.0. The van der Waals surface area contributed by atoms with Crippen molar-refractivity contribution in [3.63, 3.8) is 0 Å². The molecule has 4 aromatic carbocycles. The summed E-state index contributed by atoms with van der Waals surface area (Å²) in [6.45, 7) is 1.15. The van der Waals surface area contributed by atoms with Crippen molar-refractivity contribution in [3.05, 3.63) is 112 Å². The summed E-state index contributed by atoms with van der Waals surface area (Å²) in [5.41, 5.74) is 6.10. The molecule has 0 saturated heterocycles. The summed E-state index contributed by atoms with van der Waals surface area (Å²) in [6, 6.07) is 21.1. The Kier molecular flexibility index (Phi) is 7.32. The molecule has 5 aromatic rings. The molecule has 0 fully saturated rings. The molecule has 3 aliphatic heterocycles. The number of benzene rings is 4. The van der Waals surface area contributed by atoms with Crippen molar-refractivity contribution < 1.29 is 38.0 Å². The molecule has 1 aromatic heterocycles. The Balaban J connectivity index is 1.11. The first-order valence-electron chi connectivity index (χ1n) is 15.9. The van der Waals surface area contributed by atoms with Crippen molar-refractivity contribution in [2.24, 2.45) is 7.05 Å². The number of hydrogen-bond acceptors (Lipinski definition) is 8. The number of ketones is 1. The van der Waals surface area contributed by atoms with Crippen LogP contribution in [-0.4, -0.2) is 43.8 Å². The zero-order valence-electron chi connectivity index (χ0n) is 26.8. The zero-order chi connectivity index (χ0) is 32.9. The van der Waals surface area contributed by atoms with E-state index in [0.29, 0.717) is 47.2 Å². The Morgan fingerprint density at radius 1 is 0.917 bits per heavy atom. The maximum atomic E-state index is 13.7. The Labute approximate surface area is 277 Å². The lowest BCUT2D eigenvalue weighted by atomic mass is 9.84. The number of fused-ring (bicyclic) bond motifs is 5. The third-order valence-corrected chi connectivity index (χ3v) is 9.29. The van der Waals surface area contributed by atoms with Crippen LogP contribution in [0.3, 0.4) is 0 Å². The van der Waals surface area contributed by atoms with Gasteiger partial charge in [-0.15, -0.1) is 0 Å². The fourth-order valence-electron chi connectivity index (χ4n) is 6.87. The Bertz CT molecular complexity index is 2160. The van der Waals surface area contributed by atoms with Crippen LogP contribution >= 0.6 is 0 Å². The number of methoxy groups -OCH3 is 2. The number of aromatic nitrogens is 1. The SMILES string of the molecule is COc1ccc2c(c1)c(/C=C1\Oc3c(ccc4c3[C@H](c3ccc(OC)c(OCCc5ccc6c(c5)CCO6)c3)CC(=O)O4)C1=O)cn2C. The van der Waals surface area contributed by atoms with Gasteiger partial charge in [-0.05, 0) is 71.3 Å². The number of aryl methyl sites for hydroxylation is 1. The van der Waals surface area contributed by atoms with Crippen molar-refractivity contribution in [1.82, 2.24) is 4.57 Å². The van der Waals surface area contributed by atoms with E-state index >= 15 is 0 Å². The average Bonchev–Trinajstić information content (AvgIpc) is 3.79. The molecule has 0 amide bonds. The van der Waals surface area contributed by atoms with E-state index in [-0.39, 0.29) is 23.9 Å². The van der Waals surface area contributed by atoms with Gasteiger partial charge in [-0.25, -0.2) is 0 Å². The van der Waals surface area contributed by atoms with Gasteiger partial charge in [0.25, 0.3) is 0 Å². The van der Waals surface area contributed by atoms with E-state index in [4.69, 9.17) is 28.4 Å². The fraction of sp³-hybridized carbons (Fsp3) is 0.231. The molecule has 0 spiro atoms. The van der Waals surface area contributed by atoms with Gasteiger partial charge in [-0.1, -0.05) is 18.2 Å². The minimum Gasteiger partial charge on any atom is -0.497 e. The van der Waals surface area contributed by atoms with Crippen molar-refractivity contribution >= 4 is 28.7 Å². The van der Waals surface area contributed by atoms with Gasteiger partial charge < -0.3 is 33.0 Å². The van der Waals surface area contributed by atoms with Gasteiger partial charge in [0, 0.05) is 54.0 Å². The molecule has 8 rings (SSSR count). The predicted octanol–water partition coefficient (Wildman–Crippen LogP) is 6.81. The van der Waals surface area contributed by atoms with Crippen LogP contribution in [0.1, 0.15) is 50.5 Å². The van der Waals surface area contributed by atoms with Crippen LogP contribution < -0.4 is 28.4 Å². The fourth-order valence-corrected chi connectivity index (χ4v) is 6.87. The number of esters is 1. The van der Waals surface area contributed by atoms with Crippen molar-refractivity contribution in [3.8, 4) is 34.5 Å². The topological polar surface area (TPSA) is 94.5 Å². The summed E-state index contributed by atoms with van der Waals surface area (Å²) in [5.74, 6) is 2.76. The van der Waals surface area contributed by atoms with Crippen LogP contribution in [0.15, 0.2) is 78.7 Å². The Hall–Kier alpha value is -5.70. The molecule has 0 unspecified atom stereocenters. The lowest BCUT2D eigenvalue weighted by Crippen LogP contribution is -2.21. The van der Waals surface area contributed by atoms with Gasteiger partial charge in [0.2, 0.25) is 5.78 Å². The molecule has 9 nitrogen and oxygen atoms in total. The van der Waals surface area contributed by atoms with E-state index in [0.717, 1.165) is 46.6 Å². The highest BCUT2D eigenvalue weighted by Crippen LogP contribution is 2.50. The first-order valence-corrected chi connectivity index (χ1v) is 15.9. The maximum absolute atomic E-state index is 13.7. The molecule has 0 aliphatic carbocycles. The lowest BCUT2D eigenvalue weighted by molar-refractivity contribution is -0.135. The summed E-state index contributed by atoms with van der Waals surface area (Å²) >= 11 is 0. The molecule has 0 N–H and O–H groups in total. The van der Waals surface area contributed by atoms with Crippen LogP contribution in [0.4, 0.5) is 0 Å². The molecule has 0 bridgehead atoms. The van der Waals surface area contributed by atoms with Crippen molar-refractivity contribution in [2.75, 3.05) is 27.4 Å². The normalized spacial score (nSPS) is 17.0. The number of rotatable bonds is 8. The number of carbonyl (C=O) groups is 2. The van der Waals surface area contributed by atoms with E-state index in [1.54, 1.807) is 32.4 Å². The average molecular weight is 644 g/mol.